The van der Waals surface area contributed by atoms with Crippen molar-refractivity contribution < 1.29 is 9.35 Å². The first-order valence-electron chi connectivity index (χ1n) is 9.61. The molecule has 0 aliphatic carbocycles. The lowest BCUT2D eigenvalue weighted by Crippen LogP contribution is -2.53. The van der Waals surface area contributed by atoms with Gasteiger partial charge in [-0.3, -0.25) is 9.79 Å². The summed E-state index contributed by atoms with van der Waals surface area (Å²) in [6.07, 6.45) is 0.736. The van der Waals surface area contributed by atoms with Gasteiger partial charge in [0.1, 0.15) is 17.5 Å². The standard InChI is InChI=1S/C22H21Cl3N2O2S/c1-12-5-13(3-4-16(12)21(28)27-15-9-30(29)10-15)19-8-22(2,11-26-19)14-6-17(23)20(25)18(24)7-14/h3-7,15H,8-11H2,1-2H3,(H,27,28). The summed E-state index contributed by atoms with van der Waals surface area (Å²) in [5, 5.41) is 4.19. The normalized spacial score (nSPS) is 25.6. The second-order valence-electron chi connectivity index (χ2n) is 8.23. The summed E-state index contributed by atoms with van der Waals surface area (Å²) < 4.78 is 11.2. The van der Waals surface area contributed by atoms with Gasteiger partial charge in [0.05, 0.1) is 15.1 Å². The Hall–Kier alpha value is -1.24. The minimum absolute atomic E-state index is 0.00958. The molecular formula is C22H21Cl3N2O2S. The van der Waals surface area contributed by atoms with E-state index < -0.39 is 11.2 Å². The summed E-state index contributed by atoms with van der Waals surface area (Å²) in [5.74, 6) is 0.956. The minimum atomic E-state index is -0.788. The topological polar surface area (TPSA) is 64.5 Å². The third kappa shape index (κ3) is 4.23. The van der Waals surface area contributed by atoms with E-state index in [-0.39, 0.29) is 17.4 Å². The number of aryl methyl sites for hydroxylation is 1. The molecule has 158 valence electrons. The highest BCUT2D eigenvalue weighted by molar-refractivity contribution is 7.92. The number of hydrogen-bond acceptors (Lipinski definition) is 3. The number of rotatable bonds is 4. The van der Waals surface area contributed by atoms with Crippen LogP contribution in [0.25, 0.3) is 0 Å². The summed E-state index contributed by atoms with van der Waals surface area (Å²) in [6, 6.07) is 9.51. The summed E-state index contributed by atoms with van der Waals surface area (Å²) in [7, 11) is 0. The van der Waals surface area contributed by atoms with Gasteiger partial charge in [0.2, 0.25) is 0 Å². The lowest BCUT2D eigenvalue weighted by atomic mass is 9.79. The van der Waals surface area contributed by atoms with E-state index in [0.717, 1.165) is 28.8 Å². The van der Waals surface area contributed by atoms with Gasteiger partial charge in [0.25, 0.3) is 5.91 Å². The van der Waals surface area contributed by atoms with Crippen LogP contribution < -0.4 is 5.32 Å². The maximum Gasteiger partial charge on any atom is 0.252 e. The highest BCUT2D eigenvalue weighted by atomic mass is 35.5. The first kappa shape index (κ1) is 22.0. The summed E-state index contributed by atoms with van der Waals surface area (Å²) >= 11 is 17.8. The number of halogens is 3. The monoisotopic (exact) mass is 482 g/mol. The average molecular weight is 484 g/mol. The number of nitrogens with zero attached hydrogens (tertiary/aromatic N) is 1. The third-order valence-electron chi connectivity index (χ3n) is 5.77. The Labute approximate surface area is 194 Å². The molecule has 2 aliphatic heterocycles. The van der Waals surface area contributed by atoms with Crippen LogP contribution in [0.1, 0.15) is 40.4 Å². The fourth-order valence-corrected chi connectivity index (χ4v) is 5.45. The number of carbonyl (C=O) groups excluding carboxylic acids is 1. The van der Waals surface area contributed by atoms with Crippen LogP contribution in [0, 0.1) is 6.92 Å². The molecule has 0 spiro atoms. The van der Waals surface area contributed by atoms with Crippen molar-refractivity contribution in [2.24, 2.45) is 4.99 Å². The molecule has 0 bridgehead atoms. The molecule has 30 heavy (non-hydrogen) atoms. The fraction of sp³-hybridized carbons (Fsp3) is 0.364. The smallest absolute Gasteiger partial charge is 0.252 e. The van der Waals surface area contributed by atoms with Gasteiger partial charge in [0.15, 0.2) is 0 Å². The summed E-state index contributed by atoms with van der Waals surface area (Å²) in [4.78, 5) is 17.3. The summed E-state index contributed by atoms with van der Waals surface area (Å²) in [5.41, 5.74) is 4.30. The van der Waals surface area contributed by atoms with E-state index in [9.17, 15) is 9.35 Å². The van der Waals surface area contributed by atoms with Crippen molar-refractivity contribution >= 4 is 57.6 Å². The second kappa shape index (κ2) is 8.36. The number of carbonyl (C=O) groups is 1. The molecule has 8 heteroatoms. The number of benzene rings is 2. The SMILES string of the molecule is Cc1cc(C2=NCC(C)(c3cc(Cl)c(Cl)c(Cl)c3)C2)ccc1C(=O)NC1C[S+]([O-])C1. The van der Waals surface area contributed by atoms with Crippen molar-refractivity contribution in [2.75, 3.05) is 18.1 Å². The molecule has 1 saturated heterocycles. The Bertz CT molecular complexity index is 1030. The van der Waals surface area contributed by atoms with Gasteiger partial charge >= 0.3 is 0 Å². The van der Waals surface area contributed by atoms with Crippen LogP contribution in [0.5, 0.6) is 0 Å². The van der Waals surface area contributed by atoms with Crippen LogP contribution in [-0.2, 0) is 16.6 Å². The molecule has 4 rings (SSSR count). The van der Waals surface area contributed by atoms with Crippen molar-refractivity contribution in [3.8, 4) is 0 Å². The quantitative estimate of drug-likeness (QED) is 0.493. The number of nitrogens with one attached hydrogen (secondary N) is 1. The summed E-state index contributed by atoms with van der Waals surface area (Å²) in [6.45, 7) is 4.68. The molecule has 0 radical (unpaired) electrons. The van der Waals surface area contributed by atoms with Crippen LogP contribution in [0.4, 0.5) is 0 Å². The first-order valence-corrected chi connectivity index (χ1v) is 12.2. The van der Waals surface area contributed by atoms with Gasteiger partial charge in [-0.1, -0.05) is 47.8 Å². The largest absolute Gasteiger partial charge is 0.616 e. The minimum Gasteiger partial charge on any atom is -0.616 e. The van der Waals surface area contributed by atoms with Gasteiger partial charge < -0.3 is 9.87 Å². The highest BCUT2D eigenvalue weighted by Gasteiger charge is 2.35. The van der Waals surface area contributed by atoms with Crippen molar-refractivity contribution in [3.63, 3.8) is 0 Å². The van der Waals surface area contributed by atoms with Crippen LogP contribution in [0.3, 0.4) is 0 Å². The van der Waals surface area contributed by atoms with E-state index in [1.54, 1.807) is 0 Å². The number of amides is 1. The molecule has 0 aromatic heterocycles. The number of aliphatic imine (C=N–C) groups is 1. The van der Waals surface area contributed by atoms with Crippen molar-refractivity contribution in [1.82, 2.24) is 5.32 Å². The maximum atomic E-state index is 12.5. The Morgan fingerprint density at radius 3 is 2.47 bits per heavy atom. The van der Waals surface area contributed by atoms with E-state index in [0.29, 0.717) is 38.7 Å². The van der Waals surface area contributed by atoms with Crippen molar-refractivity contribution in [3.05, 3.63) is 67.7 Å². The van der Waals surface area contributed by atoms with E-state index in [1.807, 2.05) is 37.3 Å². The zero-order valence-corrected chi connectivity index (χ0v) is 19.7. The number of hydrogen-bond donors (Lipinski definition) is 1. The molecule has 1 amide bonds. The predicted molar refractivity (Wildman–Crippen MR) is 125 cm³/mol. The molecule has 2 aliphatic rings. The van der Waals surface area contributed by atoms with Crippen LogP contribution in [-0.4, -0.2) is 40.3 Å². The van der Waals surface area contributed by atoms with Crippen molar-refractivity contribution in [2.45, 2.75) is 31.7 Å². The van der Waals surface area contributed by atoms with E-state index in [2.05, 4.69) is 12.2 Å². The Morgan fingerprint density at radius 2 is 1.87 bits per heavy atom. The Balaban J connectivity index is 1.50. The molecular weight excluding hydrogens is 463 g/mol. The van der Waals surface area contributed by atoms with E-state index >= 15 is 0 Å². The molecule has 0 saturated carbocycles. The van der Waals surface area contributed by atoms with E-state index in [1.165, 1.54) is 0 Å². The molecule has 2 aromatic rings. The molecule has 4 nitrogen and oxygen atoms in total. The molecule has 1 fully saturated rings. The lowest BCUT2D eigenvalue weighted by molar-refractivity contribution is 0.0941. The molecule has 2 aromatic carbocycles. The molecule has 1 N–H and O–H groups in total. The van der Waals surface area contributed by atoms with Gasteiger partial charge in [-0.25, -0.2) is 0 Å². The zero-order chi connectivity index (χ0) is 21.6. The third-order valence-corrected chi connectivity index (χ3v) is 8.52. The zero-order valence-electron chi connectivity index (χ0n) is 16.6. The fourth-order valence-electron chi connectivity index (χ4n) is 3.89. The Morgan fingerprint density at radius 1 is 1.20 bits per heavy atom. The van der Waals surface area contributed by atoms with Gasteiger partial charge in [-0.2, -0.15) is 0 Å². The lowest BCUT2D eigenvalue weighted by Gasteiger charge is -2.29. The average Bonchev–Trinajstić information content (AvgIpc) is 3.07. The molecule has 2 heterocycles. The molecule has 1 unspecified atom stereocenters. The van der Waals surface area contributed by atoms with Crippen LogP contribution in [0.15, 0.2) is 35.3 Å². The van der Waals surface area contributed by atoms with Gasteiger partial charge in [-0.15, -0.1) is 0 Å². The predicted octanol–water partition coefficient (Wildman–Crippen LogP) is 4.97. The van der Waals surface area contributed by atoms with E-state index in [4.69, 9.17) is 39.8 Å². The highest BCUT2D eigenvalue weighted by Crippen LogP contribution is 2.40. The van der Waals surface area contributed by atoms with Crippen LogP contribution >= 0.6 is 34.8 Å². The molecule has 1 atom stereocenters. The maximum absolute atomic E-state index is 12.5. The van der Waals surface area contributed by atoms with Gasteiger partial charge in [-0.05, 0) is 59.1 Å². The second-order valence-corrected chi connectivity index (χ2v) is 11.0. The van der Waals surface area contributed by atoms with Gasteiger partial charge in [0, 0.05) is 29.7 Å². The first-order chi connectivity index (χ1) is 14.2. The Kier molecular flexibility index (Phi) is 6.12. The van der Waals surface area contributed by atoms with Crippen molar-refractivity contribution in [1.29, 1.82) is 0 Å². The van der Waals surface area contributed by atoms with Crippen LogP contribution in [0.2, 0.25) is 15.1 Å².